The number of nitrogens with one attached hydrogen (secondary N) is 2. The normalized spacial score (nSPS) is 10.8. The number of aromatic nitrogens is 1. The average Bonchev–Trinajstić information content (AvgIpc) is 2.47. The fourth-order valence-corrected chi connectivity index (χ4v) is 2.46. The lowest BCUT2D eigenvalue weighted by molar-refractivity contribution is 1.03. The van der Waals surface area contributed by atoms with Gasteiger partial charge in [-0.3, -0.25) is 10.4 Å². The number of nitrogens with two attached hydrogens (primary N) is 1. The Balaban J connectivity index is 2.10. The molecule has 108 valence electrons. The van der Waals surface area contributed by atoms with Crippen molar-refractivity contribution in [3.63, 3.8) is 0 Å². The molecule has 7 heteroatoms. The van der Waals surface area contributed by atoms with Gasteiger partial charge in [-0.25, -0.2) is 4.99 Å². The van der Waals surface area contributed by atoms with Crippen LogP contribution in [0.4, 0.5) is 5.69 Å². The lowest BCUT2D eigenvalue weighted by Crippen LogP contribution is -2.04. The van der Waals surface area contributed by atoms with Crippen molar-refractivity contribution in [3.8, 4) is 0 Å². The van der Waals surface area contributed by atoms with Crippen molar-refractivity contribution in [2.45, 2.75) is 6.54 Å². The monoisotopic (exact) mass is 365 g/mol. The van der Waals surface area contributed by atoms with Crippen molar-refractivity contribution in [2.24, 2.45) is 10.7 Å². The molecule has 0 unspecified atom stereocenters. The van der Waals surface area contributed by atoms with E-state index >= 15 is 0 Å². The number of nitrogens with zero attached hydrogens (tertiary/aromatic N) is 2. The summed E-state index contributed by atoms with van der Waals surface area (Å²) in [5.41, 5.74) is 7.60. The Kier molecular flexibility index (Phi) is 5.30. The summed E-state index contributed by atoms with van der Waals surface area (Å²) in [6.45, 7) is 0.536. The summed E-state index contributed by atoms with van der Waals surface area (Å²) in [5, 5.41) is 11.6. The van der Waals surface area contributed by atoms with Gasteiger partial charge in [0.15, 0.2) is 5.84 Å². The van der Waals surface area contributed by atoms with Gasteiger partial charge in [0.25, 0.3) is 0 Å². The van der Waals surface area contributed by atoms with Gasteiger partial charge in [-0.05, 0) is 34.1 Å². The van der Waals surface area contributed by atoms with Crippen molar-refractivity contribution < 1.29 is 0 Å². The average molecular weight is 367 g/mol. The SMILES string of the molecule is N=C(N=CN)c1cccc(NCc2ncc(Cl)cc2Br)c1. The van der Waals surface area contributed by atoms with Crippen LogP contribution in [0.3, 0.4) is 0 Å². The van der Waals surface area contributed by atoms with Crippen LogP contribution < -0.4 is 11.1 Å². The molecule has 0 saturated heterocycles. The zero-order valence-corrected chi connectivity index (χ0v) is 13.3. The van der Waals surface area contributed by atoms with Gasteiger partial charge in [-0.1, -0.05) is 23.7 Å². The molecule has 0 aliphatic rings. The van der Waals surface area contributed by atoms with Crippen molar-refractivity contribution >= 4 is 45.4 Å². The molecule has 0 amide bonds. The highest BCUT2D eigenvalue weighted by atomic mass is 79.9. The maximum Gasteiger partial charge on any atom is 0.153 e. The second-order valence-corrected chi connectivity index (χ2v) is 5.43. The number of aliphatic imine (C=N–C) groups is 1. The van der Waals surface area contributed by atoms with Crippen LogP contribution in [0, 0.1) is 5.41 Å². The van der Waals surface area contributed by atoms with Crippen LogP contribution in [0.1, 0.15) is 11.3 Å². The Bertz CT molecular complexity index is 687. The molecule has 2 rings (SSSR count). The van der Waals surface area contributed by atoms with Gasteiger partial charge >= 0.3 is 0 Å². The highest BCUT2D eigenvalue weighted by Crippen LogP contribution is 2.20. The van der Waals surface area contributed by atoms with Gasteiger partial charge in [0.05, 0.1) is 23.6 Å². The van der Waals surface area contributed by atoms with E-state index in [-0.39, 0.29) is 5.84 Å². The Morgan fingerprint density at radius 3 is 3.00 bits per heavy atom. The predicted molar refractivity (Wildman–Crippen MR) is 90.2 cm³/mol. The third-order valence-corrected chi connectivity index (χ3v) is 3.58. The highest BCUT2D eigenvalue weighted by molar-refractivity contribution is 9.10. The Morgan fingerprint density at radius 1 is 1.48 bits per heavy atom. The molecule has 0 aliphatic carbocycles. The third-order valence-electron chi connectivity index (χ3n) is 2.68. The van der Waals surface area contributed by atoms with Crippen molar-refractivity contribution in [2.75, 3.05) is 5.32 Å². The number of amidine groups is 1. The van der Waals surface area contributed by atoms with Crippen molar-refractivity contribution in [1.82, 2.24) is 4.98 Å². The number of anilines is 1. The first-order valence-corrected chi connectivity index (χ1v) is 7.24. The standard InChI is InChI=1S/C14H13BrClN5/c15-12-5-10(16)6-20-13(12)7-19-11-3-1-2-9(4-11)14(18)21-8-17/h1-6,8,19H,7H2,(H3,17,18,21). The van der Waals surface area contributed by atoms with Crippen LogP contribution in [0.5, 0.6) is 0 Å². The van der Waals surface area contributed by atoms with E-state index in [1.807, 2.05) is 18.2 Å². The van der Waals surface area contributed by atoms with E-state index in [1.54, 1.807) is 18.3 Å². The minimum Gasteiger partial charge on any atom is -0.390 e. The fourth-order valence-electron chi connectivity index (χ4n) is 1.68. The van der Waals surface area contributed by atoms with Gasteiger partial charge < -0.3 is 11.1 Å². The van der Waals surface area contributed by atoms with Gasteiger partial charge in [0, 0.05) is 21.9 Å². The van der Waals surface area contributed by atoms with E-state index < -0.39 is 0 Å². The van der Waals surface area contributed by atoms with Gasteiger partial charge in [0.1, 0.15) is 0 Å². The summed E-state index contributed by atoms with van der Waals surface area (Å²) >= 11 is 9.28. The first kappa shape index (κ1) is 15.5. The summed E-state index contributed by atoms with van der Waals surface area (Å²) in [6, 6.07) is 9.19. The van der Waals surface area contributed by atoms with E-state index in [0.717, 1.165) is 22.2 Å². The van der Waals surface area contributed by atoms with Crippen LogP contribution in [-0.4, -0.2) is 17.2 Å². The number of pyridine rings is 1. The van der Waals surface area contributed by atoms with Gasteiger partial charge in [-0.15, -0.1) is 0 Å². The van der Waals surface area contributed by atoms with Crippen LogP contribution in [-0.2, 0) is 6.54 Å². The number of benzene rings is 1. The summed E-state index contributed by atoms with van der Waals surface area (Å²) in [4.78, 5) is 8.01. The second-order valence-electron chi connectivity index (χ2n) is 4.14. The number of rotatable bonds is 4. The Labute approximate surface area is 135 Å². The molecule has 0 aliphatic heterocycles. The predicted octanol–water partition coefficient (Wildman–Crippen LogP) is 3.42. The number of hydrogen-bond acceptors (Lipinski definition) is 3. The first-order chi connectivity index (χ1) is 10.1. The van der Waals surface area contributed by atoms with Gasteiger partial charge in [0.2, 0.25) is 0 Å². The molecule has 1 aromatic carbocycles. The topological polar surface area (TPSA) is 87.2 Å². The Hall–Kier alpha value is -1.92. The molecule has 2 aromatic rings. The van der Waals surface area contributed by atoms with E-state index in [0.29, 0.717) is 17.1 Å². The largest absolute Gasteiger partial charge is 0.390 e. The summed E-state index contributed by atoms with van der Waals surface area (Å²) in [7, 11) is 0. The fraction of sp³-hybridized carbons (Fsp3) is 0.0714. The molecule has 4 N–H and O–H groups in total. The molecule has 5 nitrogen and oxygen atoms in total. The summed E-state index contributed by atoms with van der Waals surface area (Å²) in [6.07, 6.45) is 2.71. The van der Waals surface area contributed by atoms with E-state index in [2.05, 4.69) is 31.2 Å². The van der Waals surface area contributed by atoms with Crippen LogP contribution in [0.2, 0.25) is 5.02 Å². The zero-order valence-electron chi connectivity index (χ0n) is 11.0. The second kappa shape index (κ2) is 7.19. The van der Waals surface area contributed by atoms with Crippen molar-refractivity contribution in [1.29, 1.82) is 5.41 Å². The zero-order chi connectivity index (χ0) is 15.2. The van der Waals surface area contributed by atoms with E-state index in [4.69, 9.17) is 22.7 Å². The molecular weight excluding hydrogens is 354 g/mol. The molecular formula is C14H13BrClN5. The molecule has 21 heavy (non-hydrogen) atoms. The minimum absolute atomic E-state index is 0.118. The third kappa shape index (κ3) is 4.27. The van der Waals surface area contributed by atoms with Crippen LogP contribution >= 0.6 is 27.5 Å². The lowest BCUT2D eigenvalue weighted by Gasteiger charge is -2.09. The lowest BCUT2D eigenvalue weighted by atomic mass is 10.2. The number of hydrogen-bond donors (Lipinski definition) is 3. The van der Waals surface area contributed by atoms with Crippen LogP contribution in [0.25, 0.3) is 0 Å². The molecule has 0 bridgehead atoms. The molecule has 0 saturated carbocycles. The van der Waals surface area contributed by atoms with Crippen molar-refractivity contribution in [3.05, 3.63) is 57.3 Å². The Morgan fingerprint density at radius 2 is 2.29 bits per heavy atom. The molecule has 1 heterocycles. The molecule has 0 spiro atoms. The van der Waals surface area contributed by atoms with E-state index in [1.165, 1.54) is 0 Å². The van der Waals surface area contributed by atoms with E-state index in [9.17, 15) is 0 Å². The summed E-state index contributed by atoms with van der Waals surface area (Å²) in [5.74, 6) is 0.118. The van der Waals surface area contributed by atoms with Crippen LogP contribution in [0.15, 0.2) is 46.0 Å². The van der Waals surface area contributed by atoms with Gasteiger partial charge in [-0.2, -0.15) is 0 Å². The molecule has 0 atom stereocenters. The molecule has 0 fully saturated rings. The maximum absolute atomic E-state index is 7.74. The number of halogens is 2. The quantitative estimate of drug-likeness (QED) is 0.572. The summed E-state index contributed by atoms with van der Waals surface area (Å²) < 4.78 is 0.846. The molecule has 0 radical (unpaired) electrons. The minimum atomic E-state index is 0.118. The molecule has 1 aromatic heterocycles. The highest BCUT2D eigenvalue weighted by Gasteiger charge is 2.04. The maximum atomic E-state index is 7.74. The smallest absolute Gasteiger partial charge is 0.153 e. The first-order valence-electron chi connectivity index (χ1n) is 6.07.